The van der Waals surface area contributed by atoms with Crippen molar-refractivity contribution in [2.75, 3.05) is 6.54 Å². The quantitative estimate of drug-likeness (QED) is 0.927. The highest BCUT2D eigenvalue weighted by Gasteiger charge is 2.47. The van der Waals surface area contributed by atoms with E-state index in [1.54, 1.807) is 0 Å². The number of rotatable bonds is 3. The van der Waals surface area contributed by atoms with Gasteiger partial charge in [-0.15, -0.1) is 0 Å². The first-order valence-corrected chi connectivity index (χ1v) is 7.25. The number of hydrogen-bond donors (Lipinski definition) is 1. The van der Waals surface area contributed by atoms with Gasteiger partial charge in [0.15, 0.2) is 0 Å². The summed E-state index contributed by atoms with van der Waals surface area (Å²) in [5.41, 5.74) is 0.804. The molecule has 2 fully saturated rings. The van der Waals surface area contributed by atoms with Gasteiger partial charge in [0.05, 0.1) is 11.6 Å². The van der Waals surface area contributed by atoms with Crippen molar-refractivity contribution in [2.24, 2.45) is 11.8 Å². The molecule has 0 amide bonds. The molecule has 1 aromatic carbocycles. The predicted molar refractivity (Wildman–Crippen MR) is 73.8 cm³/mol. The molecule has 1 heterocycles. The molecule has 0 spiro atoms. The Labute approximate surface area is 122 Å². The molecule has 4 nitrogen and oxygen atoms in total. The van der Waals surface area contributed by atoms with Gasteiger partial charge in [-0.05, 0) is 42.9 Å². The number of benzene rings is 1. The lowest BCUT2D eigenvalue weighted by molar-refractivity contribution is -0.143. The van der Waals surface area contributed by atoms with Crippen LogP contribution in [0.1, 0.15) is 30.4 Å². The molecule has 1 aliphatic carbocycles. The van der Waals surface area contributed by atoms with Crippen molar-refractivity contribution in [3.63, 3.8) is 0 Å². The van der Waals surface area contributed by atoms with E-state index in [9.17, 15) is 14.3 Å². The highest BCUT2D eigenvalue weighted by Crippen LogP contribution is 2.42. The van der Waals surface area contributed by atoms with E-state index in [0.717, 1.165) is 19.3 Å². The van der Waals surface area contributed by atoms with Gasteiger partial charge in [-0.25, -0.2) is 4.39 Å². The largest absolute Gasteiger partial charge is 0.480 e. The predicted octanol–water partition coefficient (Wildman–Crippen LogP) is 2.38. The van der Waals surface area contributed by atoms with E-state index in [1.165, 1.54) is 18.2 Å². The molecule has 21 heavy (non-hydrogen) atoms. The molecule has 1 saturated heterocycles. The molecule has 1 aliphatic heterocycles. The second kappa shape index (κ2) is 5.45. The van der Waals surface area contributed by atoms with Crippen molar-refractivity contribution >= 4 is 5.97 Å². The Bertz CT molecular complexity index is 611. The van der Waals surface area contributed by atoms with Crippen LogP contribution >= 0.6 is 0 Å². The van der Waals surface area contributed by atoms with E-state index in [2.05, 4.69) is 0 Å². The van der Waals surface area contributed by atoms with Crippen molar-refractivity contribution in [2.45, 2.75) is 31.8 Å². The highest BCUT2D eigenvalue weighted by atomic mass is 19.1. The van der Waals surface area contributed by atoms with Gasteiger partial charge in [-0.2, -0.15) is 5.26 Å². The monoisotopic (exact) mass is 288 g/mol. The molecule has 0 aromatic heterocycles. The van der Waals surface area contributed by atoms with Crippen molar-refractivity contribution in [3.8, 4) is 6.07 Å². The second-order valence-electron chi connectivity index (χ2n) is 5.99. The fourth-order valence-electron chi connectivity index (χ4n) is 3.88. The fourth-order valence-corrected chi connectivity index (χ4v) is 3.88. The average molecular weight is 288 g/mol. The summed E-state index contributed by atoms with van der Waals surface area (Å²) in [5.74, 6) is -0.602. The molecule has 3 rings (SSSR count). The van der Waals surface area contributed by atoms with Crippen LogP contribution in [0.2, 0.25) is 0 Å². The Hall–Kier alpha value is -1.93. The highest BCUT2D eigenvalue weighted by molar-refractivity contribution is 5.74. The van der Waals surface area contributed by atoms with E-state index in [0.29, 0.717) is 23.6 Å². The SMILES string of the molecule is N#Cc1ccc(F)c(CN2CC3CCCC3C2C(=O)O)c1. The van der Waals surface area contributed by atoms with Crippen molar-refractivity contribution in [1.29, 1.82) is 5.26 Å². The van der Waals surface area contributed by atoms with Crippen LogP contribution in [0.4, 0.5) is 4.39 Å². The van der Waals surface area contributed by atoms with Gasteiger partial charge in [0.25, 0.3) is 0 Å². The van der Waals surface area contributed by atoms with Gasteiger partial charge < -0.3 is 5.11 Å². The summed E-state index contributed by atoms with van der Waals surface area (Å²) in [7, 11) is 0. The smallest absolute Gasteiger partial charge is 0.321 e. The van der Waals surface area contributed by atoms with Gasteiger partial charge in [0.2, 0.25) is 0 Å². The number of nitriles is 1. The van der Waals surface area contributed by atoms with Crippen LogP contribution in [-0.4, -0.2) is 28.6 Å². The first-order valence-electron chi connectivity index (χ1n) is 7.25. The zero-order chi connectivity index (χ0) is 15.0. The lowest BCUT2D eigenvalue weighted by atomic mass is 9.94. The fraction of sp³-hybridized carbons (Fsp3) is 0.500. The van der Waals surface area contributed by atoms with Crippen LogP contribution in [0, 0.1) is 29.0 Å². The van der Waals surface area contributed by atoms with Gasteiger partial charge in [0.1, 0.15) is 11.9 Å². The number of likely N-dealkylation sites (tertiary alicyclic amines) is 1. The van der Waals surface area contributed by atoms with Crippen LogP contribution in [0.3, 0.4) is 0 Å². The zero-order valence-electron chi connectivity index (χ0n) is 11.6. The lowest BCUT2D eigenvalue weighted by Crippen LogP contribution is -2.39. The van der Waals surface area contributed by atoms with Gasteiger partial charge in [0, 0.05) is 18.7 Å². The molecule has 110 valence electrons. The van der Waals surface area contributed by atoms with E-state index in [1.807, 2.05) is 11.0 Å². The van der Waals surface area contributed by atoms with Crippen LogP contribution < -0.4 is 0 Å². The molecule has 3 unspecified atom stereocenters. The Kier molecular flexibility index (Phi) is 3.64. The molecular weight excluding hydrogens is 271 g/mol. The molecule has 3 atom stereocenters. The summed E-state index contributed by atoms with van der Waals surface area (Å²) >= 11 is 0. The lowest BCUT2D eigenvalue weighted by Gasteiger charge is -2.24. The third-order valence-electron chi connectivity index (χ3n) is 4.79. The molecule has 1 N–H and O–H groups in total. The third kappa shape index (κ3) is 2.52. The van der Waals surface area contributed by atoms with E-state index >= 15 is 0 Å². The first kappa shape index (κ1) is 14.0. The Morgan fingerprint density at radius 3 is 3.00 bits per heavy atom. The minimum absolute atomic E-state index is 0.185. The summed E-state index contributed by atoms with van der Waals surface area (Å²) in [6, 6.07) is 5.70. The molecule has 0 bridgehead atoms. The maximum Gasteiger partial charge on any atom is 0.321 e. The third-order valence-corrected chi connectivity index (χ3v) is 4.79. The summed E-state index contributed by atoms with van der Waals surface area (Å²) in [6.45, 7) is 0.961. The van der Waals surface area contributed by atoms with Gasteiger partial charge in [-0.1, -0.05) is 6.42 Å². The van der Waals surface area contributed by atoms with E-state index in [-0.39, 0.29) is 18.3 Å². The summed E-state index contributed by atoms with van der Waals surface area (Å²) in [6.07, 6.45) is 3.09. The number of carbonyl (C=O) groups is 1. The number of halogens is 1. The van der Waals surface area contributed by atoms with Crippen molar-refractivity contribution < 1.29 is 14.3 Å². The molecule has 1 aromatic rings. The van der Waals surface area contributed by atoms with Crippen LogP contribution in [0.25, 0.3) is 0 Å². The molecule has 1 saturated carbocycles. The van der Waals surface area contributed by atoms with Crippen molar-refractivity contribution in [1.82, 2.24) is 4.90 Å². The molecular formula is C16H17FN2O2. The number of carboxylic acid groups (broad SMARTS) is 1. The van der Waals surface area contributed by atoms with Gasteiger partial charge >= 0.3 is 5.97 Å². The minimum atomic E-state index is -0.818. The maximum atomic E-state index is 13.9. The Balaban J connectivity index is 1.84. The molecule has 0 radical (unpaired) electrons. The summed E-state index contributed by atoms with van der Waals surface area (Å²) in [5, 5.41) is 18.4. The second-order valence-corrected chi connectivity index (χ2v) is 5.99. The Morgan fingerprint density at radius 2 is 2.29 bits per heavy atom. The normalized spacial score (nSPS) is 28.3. The molecule has 2 aliphatic rings. The standard InChI is InChI=1S/C16H17FN2O2/c17-14-5-4-10(7-18)6-12(14)9-19-8-11-2-1-3-13(11)15(19)16(20)21/h4-6,11,13,15H,1-3,8-9H2,(H,20,21). The van der Waals surface area contributed by atoms with Crippen LogP contribution in [-0.2, 0) is 11.3 Å². The number of hydrogen-bond acceptors (Lipinski definition) is 3. The topological polar surface area (TPSA) is 64.3 Å². The average Bonchev–Trinajstić information content (AvgIpc) is 3.00. The van der Waals surface area contributed by atoms with E-state index < -0.39 is 12.0 Å². The molecule has 5 heteroatoms. The minimum Gasteiger partial charge on any atom is -0.480 e. The van der Waals surface area contributed by atoms with Crippen LogP contribution in [0.5, 0.6) is 0 Å². The van der Waals surface area contributed by atoms with Crippen LogP contribution in [0.15, 0.2) is 18.2 Å². The maximum absolute atomic E-state index is 13.9. The number of carboxylic acids is 1. The number of aliphatic carboxylic acids is 1. The van der Waals surface area contributed by atoms with Gasteiger partial charge in [-0.3, -0.25) is 9.69 Å². The number of fused-ring (bicyclic) bond motifs is 1. The van der Waals surface area contributed by atoms with Crippen molar-refractivity contribution in [3.05, 3.63) is 35.1 Å². The first-order chi connectivity index (χ1) is 10.1. The zero-order valence-corrected chi connectivity index (χ0v) is 11.6. The summed E-state index contributed by atoms with van der Waals surface area (Å²) in [4.78, 5) is 13.4. The number of nitrogens with zero attached hydrogens (tertiary/aromatic N) is 2. The van der Waals surface area contributed by atoms with E-state index in [4.69, 9.17) is 5.26 Å². The summed E-state index contributed by atoms with van der Waals surface area (Å²) < 4.78 is 13.9. The Morgan fingerprint density at radius 1 is 1.48 bits per heavy atom.